The van der Waals surface area contributed by atoms with Crippen LogP contribution in [0.1, 0.15) is 5.56 Å². The second kappa shape index (κ2) is 7.52. The first-order valence-corrected chi connectivity index (χ1v) is 7.46. The van der Waals surface area contributed by atoms with Crippen molar-refractivity contribution in [1.29, 1.82) is 0 Å². The van der Waals surface area contributed by atoms with Gasteiger partial charge in [-0.25, -0.2) is 14.2 Å². The number of rotatable bonds is 4. The zero-order chi connectivity index (χ0) is 17.6. The average molecular weight is 345 g/mol. The quantitative estimate of drug-likeness (QED) is 0.921. The number of carbonyl (C=O) groups is 1. The van der Waals surface area contributed by atoms with Crippen LogP contribution in [0.2, 0.25) is 0 Å². The number of ether oxygens (including phenoxy) is 3. The van der Waals surface area contributed by atoms with Crippen LogP contribution in [0, 0.1) is 5.82 Å². The SMILES string of the molecule is COC1=NN(c2ccc(NC(=O)OCc3ccccc3)c(F)c2)CO1. The maximum absolute atomic E-state index is 14.2. The molecular formula is C17H16FN3O4. The number of hydrogen-bond acceptors (Lipinski definition) is 6. The lowest BCUT2D eigenvalue weighted by atomic mass is 10.2. The molecule has 0 atom stereocenters. The van der Waals surface area contributed by atoms with Crippen molar-refractivity contribution in [3.8, 4) is 0 Å². The smallest absolute Gasteiger partial charge is 0.412 e. The number of hydrogen-bond donors (Lipinski definition) is 1. The van der Waals surface area contributed by atoms with Gasteiger partial charge < -0.3 is 14.2 Å². The van der Waals surface area contributed by atoms with Gasteiger partial charge in [0.25, 0.3) is 0 Å². The Labute approximate surface area is 143 Å². The molecule has 3 rings (SSSR count). The number of anilines is 2. The van der Waals surface area contributed by atoms with Gasteiger partial charge in [-0.1, -0.05) is 35.4 Å². The van der Waals surface area contributed by atoms with Crippen LogP contribution >= 0.6 is 0 Å². The standard InChI is InChI=1S/C17H16FN3O4/c1-23-17-20-21(11-25-17)13-7-8-15(14(18)9-13)19-16(22)24-10-12-5-3-2-4-6-12/h2-9H,10-11H2,1H3,(H,19,22). The van der Waals surface area contributed by atoms with E-state index in [4.69, 9.17) is 14.2 Å². The van der Waals surface area contributed by atoms with Crippen molar-refractivity contribution in [3.05, 3.63) is 59.9 Å². The largest absolute Gasteiger partial charge is 0.453 e. The van der Waals surface area contributed by atoms with Gasteiger partial charge in [-0.2, -0.15) is 0 Å². The zero-order valence-corrected chi connectivity index (χ0v) is 13.4. The van der Waals surface area contributed by atoms with Gasteiger partial charge in [0, 0.05) is 6.07 Å². The summed E-state index contributed by atoms with van der Waals surface area (Å²) in [4.78, 5) is 11.8. The van der Waals surface area contributed by atoms with Crippen LogP contribution in [-0.4, -0.2) is 26.0 Å². The van der Waals surface area contributed by atoms with E-state index >= 15 is 0 Å². The topological polar surface area (TPSA) is 72.4 Å². The molecule has 0 unspecified atom stereocenters. The molecule has 130 valence electrons. The van der Waals surface area contributed by atoms with E-state index in [0.717, 1.165) is 5.56 Å². The van der Waals surface area contributed by atoms with Crippen LogP contribution in [0.4, 0.5) is 20.6 Å². The molecule has 2 aromatic rings. The van der Waals surface area contributed by atoms with E-state index in [0.29, 0.717) is 5.69 Å². The maximum atomic E-state index is 14.2. The Bertz CT molecular complexity index is 783. The number of methoxy groups -OCH3 is 1. The van der Waals surface area contributed by atoms with E-state index in [2.05, 4.69) is 10.4 Å². The van der Waals surface area contributed by atoms with Gasteiger partial charge in [0.15, 0.2) is 6.73 Å². The molecule has 1 aliphatic heterocycles. The fourth-order valence-electron chi connectivity index (χ4n) is 2.14. The summed E-state index contributed by atoms with van der Waals surface area (Å²) in [7, 11) is 1.43. The highest BCUT2D eigenvalue weighted by Crippen LogP contribution is 2.24. The summed E-state index contributed by atoms with van der Waals surface area (Å²) in [5, 5.41) is 7.80. The first-order chi connectivity index (χ1) is 12.2. The van der Waals surface area contributed by atoms with Crippen LogP contribution in [0.3, 0.4) is 0 Å². The Morgan fingerprint density at radius 1 is 1.32 bits per heavy atom. The molecule has 1 amide bonds. The van der Waals surface area contributed by atoms with Crippen LogP contribution in [0.15, 0.2) is 53.6 Å². The van der Waals surface area contributed by atoms with Gasteiger partial charge in [-0.3, -0.25) is 5.32 Å². The minimum absolute atomic E-state index is 0.0119. The predicted molar refractivity (Wildman–Crippen MR) is 89.5 cm³/mol. The van der Waals surface area contributed by atoms with Gasteiger partial charge in [-0.15, -0.1) is 0 Å². The fraction of sp³-hybridized carbons (Fsp3) is 0.176. The Morgan fingerprint density at radius 2 is 2.12 bits per heavy atom. The highest BCUT2D eigenvalue weighted by molar-refractivity contribution is 5.85. The van der Waals surface area contributed by atoms with Gasteiger partial charge in [0.05, 0.1) is 18.5 Å². The minimum atomic E-state index is -0.736. The van der Waals surface area contributed by atoms with Crippen molar-refractivity contribution in [2.45, 2.75) is 6.61 Å². The first-order valence-electron chi connectivity index (χ1n) is 7.46. The highest BCUT2D eigenvalue weighted by Gasteiger charge is 2.19. The number of benzene rings is 2. The first kappa shape index (κ1) is 16.6. The molecule has 0 saturated carbocycles. The number of hydrazone groups is 1. The van der Waals surface area contributed by atoms with Crippen molar-refractivity contribution in [2.24, 2.45) is 5.10 Å². The third kappa shape index (κ3) is 4.17. The number of nitrogens with zero attached hydrogens (tertiary/aromatic N) is 2. The van der Waals surface area contributed by atoms with Crippen molar-refractivity contribution in [1.82, 2.24) is 0 Å². The van der Waals surface area contributed by atoms with E-state index < -0.39 is 11.9 Å². The van der Waals surface area contributed by atoms with Gasteiger partial charge in [-0.05, 0) is 17.7 Å². The molecule has 0 aliphatic carbocycles. The van der Waals surface area contributed by atoms with E-state index in [1.807, 2.05) is 30.3 Å². The third-order valence-corrected chi connectivity index (χ3v) is 3.39. The molecule has 7 nitrogen and oxygen atoms in total. The van der Waals surface area contributed by atoms with Gasteiger partial charge in [0.2, 0.25) is 0 Å². The Kier molecular flexibility index (Phi) is 4.98. The molecule has 0 spiro atoms. The molecule has 0 radical (unpaired) electrons. The summed E-state index contributed by atoms with van der Waals surface area (Å²) in [5.41, 5.74) is 1.32. The fourth-order valence-corrected chi connectivity index (χ4v) is 2.14. The van der Waals surface area contributed by atoms with E-state index in [1.165, 1.54) is 24.3 Å². The van der Waals surface area contributed by atoms with Crippen molar-refractivity contribution < 1.29 is 23.4 Å². The molecule has 25 heavy (non-hydrogen) atoms. The summed E-state index contributed by atoms with van der Waals surface area (Å²) in [6.07, 6.45) is -0.633. The molecule has 0 fully saturated rings. The lowest BCUT2D eigenvalue weighted by Gasteiger charge is -2.13. The minimum Gasteiger partial charge on any atom is -0.453 e. The molecule has 8 heteroatoms. The summed E-state index contributed by atoms with van der Waals surface area (Å²) < 4.78 is 29.2. The van der Waals surface area contributed by atoms with E-state index in [9.17, 15) is 9.18 Å². The number of halogens is 1. The van der Waals surface area contributed by atoms with Crippen LogP contribution in [0.5, 0.6) is 0 Å². The Hall–Kier alpha value is -3.29. The van der Waals surface area contributed by atoms with E-state index in [-0.39, 0.29) is 25.1 Å². The van der Waals surface area contributed by atoms with Crippen LogP contribution in [-0.2, 0) is 20.8 Å². The second-order valence-electron chi connectivity index (χ2n) is 5.09. The molecule has 0 saturated heterocycles. The molecule has 1 aliphatic rings. The molecule has 0 aromatic heterocycles. The van der Waals surface area contributed by atoms with E-state index in [1.54, 1.807) is 6.07 Å². The second-order valence-corrected chi connectivity index (χ2v) is 5.09. The van der Waals surface area contributed by atoms with Gasteiger partial charge in [0.1, 0.15) is 12.4 Å². The predicted octanol–water partition coefficient (Wildman–Crippen LogP) is 3.29. The third-order valence-electron chi connectivity index (χ3n) is 3.39. The lowest BCUT2D eigenvalue weighted by molar-refractivity contribution is 0.155. The van der Waals surface area contributed by atoms with Crippen molar-refractivity contribution in [3.63, 3.8) is 0 Å². The lowest BCUT2D eigenvalue weighted by Crippen LogP contribution is -2.16. The van der Waals surface area contributed by atoms with Crippen LogP contribution < -0.4 is 10.3 Å². The normalized spacial score (nSPS) is 13.0. The molecule has 1 heterocycles. The molecule has 1 N–H and O–H groups in total. The Balaban J connectivity index is 1.59. The highest BCUT2D eigenvalue weighted by atomic mass is 19.1. The summed E-state index contributed by atoms with van der Waals surface area (Å²) >= 11 is 0. The number of amides is 1. The summed E-state index contributed by atoms with van der Waals surface area (Å²) in [6.45, 7) is 0.223. The van der Waals surface area contributed by atoms with Crippen molar-refractivity contribution in [2.75, 3.05) is 24.2 Å². The summed E-state index contributed by atoms with van der Waals surface area (Å²) in [6, 6.07) is 13.5. The van der Waals surface area contributed by atoms with Gasteiger partial charge >= 0.3 is 12.2 Å². The number of carbonyl (C=O) groups excluding carboxylic acids is 1. The van der Waals surface area contributed by atoms with Crippen LogP contribution in [0.25, 0.3) is 0 Å². The van der Waals surface area contributed by atoms with Crippen molar-refractivity contribution >= 4 is 23.6 Å². The monoisotopic (exact) mass is 345 g/mol. The zero-order valence-electron chi connectivity index (χ0n) is 13.4. The maximum Gasteiger partial charge on any atom is 0.412 e. The molecule has 2 aromatic carbocycles. The Morgan fingerprint density at radius 3 is 2.80 bits per heavy atom. The average Bonchev–Trinajstić information content (AvgIpc) is 3.12. The molecular weight excluding hydrogens is 329 g/mol. The molecule has 0 bridgehead atoms. The summed E-state index contributed by atoms with van der Waals surface area (Å²) in [5.74, 6) is -0.616. The number of nitrogens with one attached hydrogen (secondary N) is 1.